The van der Waals surface area contributed by atoms with E-state index in [9.17, 15) is 9.90 Å². The number of nitrogens with one attached hydrogen (secondary N) is 1. The Balaban J connectivity index is 1.71. The van der Waals surface area contributed by atoms with Crippen molar-refractivity contribution in [3.05, 3.63) is 59.2 Å². The number of carbonyl (C=O) groups excluding carboxylic acids is 1. The molecule has 1 saturated heterocycles. The van der Waals surface area contributed by atoms with Gasteiger partial charge in [-0.25, -0.2) is 0 Å². The smallest absolute Gasteiger partial charge is 0.241 e. The highest BCUT2D eigenvalue weighted by Crippen LogP contribution is 2.39. The van der Waals surface area contributed by atoms with Crippen LogP contribution in [-0.2, 0) is 24.3 Å². The summed E-state index contributed by atoms with van der Waals surface area (Å²) in [7, 11) is 1.60. The summed E-state index contributed by atoms with van der Waals surface area (Å²) >= 11 is 0. The van der Waals surface area contributed by atoms with Crippen LogP contribution in [0.3, 0.4) is 0 Å². The number of fused-ring (bicyclic) bond motifs is 1. The Morgan fingerprint density at radius 3 is 2.81 bits per heavy atom. The first-order chi connectivity index (χ1) is 12.6. The molecule has 2 aromatic rings. The van der Waals surface area contributed by atoms with Gasteiger partial charge in [0.15, 0.2) is 0 Å². The first-order valence-corrected chi connectivity index (χ1v) is 9.09. The van der Waals surface area contributed by atoms with E-state index in [1.165, 1.54) is 11.1 Å². The van der Waals surface area contributed by atoms with Crippen molar-refractivity contribution in [1.29, 1.82) is 0 Å². The van der Waals surface area contributed by atoms with Crippen LogP contribution in [0.15, 0.2) is 42.5 Å². The maximum atomic E-state index is 13.1. The maximum Gasteiger partial charge on any atom is 0.241 e. The van der Waals surface area contributed by atoms with Crippen molar-refractivity contribution >= 4 is 5.91 Å². The monoisotopic (exact) mass is 352 g/mol. The van der Waals surface area contributed by atoms with E-state index in [1.807, 2.05) is 18.2 Å². The molecule has 5 heteroatoms. The van der Waals surface area contributed by atoms with E-state index >= 15 is 0 Å². The summed E-state index contributed by atoms with van der Waals surface area (Å²) < 4.78 is 5.43. The summed E-state index contributed by atoms with van der Waals surface area (Å²) in [4.78, 5) is 15.3. The number of phenols is 1. The van der Waals surface area contributed by atoms with Gasteiger partial charge in [-0.1, -0.05) is 30.3 Å². The SMILES string of the molecule is COc1cccc(O)c1CN1CCCC12Cc1ccccc1CNC2=O. The predicted octanol–water partition coefficient (Wildman–Crippen LogP) is 2.61. The summed E-state index contributed by atoms with van der Waals surface area (Å²) in [5.41, 5.74) is 2.58. The van der Waals surface area contributed by atoms with Gasteiger partial charge in [0, 0.05) is 25.1 Å². The van der Waals surface area contributed by atoms with Crippen molar-refractivity contribution < 1.29 is 14.6 Å². The van der Waals surface area contributed by atoms with Crippen molar-refractivity contribution in [2.45, 2.75) is 37.9 Å². The molecule has 1 amide bonds. The number of aromatic hydroxyl groups is 1. The number of nitrogens with zero attached hydrogens (tertiary/aromatic N) is 1. The highest BCUT2D eigenvalue weighted by atomic mass is 16.5. The number of benzene rings is 2. The van der Waals surface area contributed by atoms with Crippen molar-refractivity contribution in [1.82, 2.24) is 10.2 Å². The number of methoxy groups -OCH3 is 1. The van der Waals surface area contributed by atoms with Gasteiger partial charge in [0.1, 0.15) is 17.0 Å². The van der Waals surface area contributed by atoms with Crippen LogP contribution in [0, 0.1) is 0 Å². The Labute approximate surface area is 153 Å². The molecule has 4 rings (SSSR count). The zero-order chi connectivity index (χ0) is 18.1. The molecular weight excluding hydrogens is 328 g/mol. The maximum absolute atomic E-state index is 13.1. The molecule has 0 bridgehead atoms. The zero-order valence-electron chi connectivity index (χ0n) is 15.0. The molecule has 2 N–H and O–H groups in total. The third-order valence-electron chi connectivity index (χ3n) is 5.76. The Morgan fingerprint density at radius 1 is 1.19 bits per heavy atom. The Hall–Kier alpha value is -2.53. The Kier molecular flexibility index (Phi) is 4.32. The third-order valence-corrected chi connectivity index (χ3v) is 5.76. The van der Waals surface area contributed by atoms with E-state index in [0.29, 0.717) is 25.3 Å². The Bertz CT molecular complexity index is 836. The first kappa shape index (κ1) is 16.9. The fraction of sp³-hybridized carbons (Fsp3) is 0.381. The van der Waals surface area contributed by atoms with Gasteiger partial charge in [0.25, 0.3) is 0 Å². The largest absolute Gasteiger partial charge is 0.507 e. The lowest BCUT2D eigenvalue weighted by atomic mass is 9.86. The molecule has 0 aromatic heterocycles. The fourth-order valence-electron chi connectivity index (χ4n) is 4.36. The van der Waals surface area contributed by atoms with E-state index in [2.05, 4.69) is 22.3 Å². The molecule has 2 aliphatic heterocycles. The summed E-state index contributed by atoms with van der Waals surface area (Å²) in [5, 5.41) is 13.5. The molecule has 2 heterocycles. The number of hydrogen-bond donors (Lipinski definition) is 2. The van der Waals surface area contributed by atoms with Crippen molar-refractivity contribution in [2.75, 3.05) is 13.7 Å². The van der Waals surface area contributed by atoms with Crippen LogP contribution < -0.4 is 10.1 Å². The number of carbonyl (C=O) groups is 1. The number of amides is 1. The molecule has 136 valence electrons. The molecule has 1 atom stereocenters. The number of ether oxygens (including phenoxy) is 1. The third kappa shape index (κ3) is 2.72. The Morgan fingerprint density at radius 2 is 2.00 bits per heavy atom. The van der Waals surface area contributed by atoms with Gasteiger partial charge in [-0.05, 0) is 42.6 Å². The van der Waals surface area contributed by atoms with Crippen LogP contribution in [-0.4, -0.2) is 35.1 Å². The van der Waals surface area contributed by atoms with Gasteiger partial charge >= 0.3 is 0 Å². The van der Waals surface area contributed by atoms with Gasteiger partial charge < -0.3 is 15.2 Å². The zero-order valence-corrected chi connectivity index (χ0v) is 15.0. The molecule has 2 aliphatic rings. The topological polar surface area (TPSA) is 61.8 Å². The first-order valence-electron chi connectivity index (χ1n) is 9.09. The normalized spacial score (nSPS) is 22.7. The van der Waals surface area contributed by atoms with Gasteiger partial charge in [-0.15, -0.1) is 0 Å². The molecule has 0 aliphatic carbocycles. The summed E-state index contributed by atoms with van der Waals surface area (Å²) in [5.74, 6) is 0.947. The predicted molar refractivity (Wildman–Crippen MR) is 99.0 cm³/mol. The lowest BCUT2D eigenvalue weighted by molar-refractivity contribution is -0.132. The molecule has 1 fully saturated rings. The highest BCUT2D eigenvalue weighted by molar-refractivity contribution is 5.87. The van der Waals surface area contributed by atoms with Crippen LogP contribution >= 0.6 is 0 Å². The lowest BCUT2D eigenvalue weighted by Gasteiger charge is -2.36. The molecule has 26 heavy (non-hydrogen) atoms. The average Bonchev–Trinajstić information content (AvgIpc) is 2.99. The molecule has 1 unspecified atom stereocenters. The van der Waals surface area contributed by atoms with E-state index in [0.717, 1.165) is 24.9 Å². The molecule has 0 radical (unpaired) electrons. The minimum absolute atomic E-state index is 0.0839. The number of hydrogen-bond acceptors (Lipinski definition) is 4. The van der Waals surface area contributed by atoms with Crippen LogP contribution in [0.1, 0.15) is 29.5 Å². The van der Waals surface area contributed by atoms with Crippen LogP contribution in [0.2, 0.25) is 0 Å². The van der Waals surface area contributed by atoms with Gasteiger partial charge in [0.2, 0.25) is 5.91 Å². The number of likely N-dealkylation sites (tertiary alicyclic amines) is 1. The van der Waals surface area contributed by atoms with Crippen LogP contribution in [0.5, 0.6) is 11.5 Å². The van der Waals surface area contributed by atoms with E-state index < -0.39 is 5.54 Å². The number of phenolic OH excluding ortho intramolecular Hbond substituents is 1. The second kappa shape index (κ2) is 6.65. The molecule has 1 spiro atoms. The molecule has 2 aromatic carbocycles. The van der Waals surface area contributed by atoms with Crippen molar-refractivity contribution in [3.8, 4) is 11.5 Å². The van der Waals surface area contributed by atoms with Gasteiger partial charge in [-0.3, -0.25) is 9.69 Å². The highest BCUT2D eigenvalue weighted by Gasteiger charge is 2.48. The van der Waals surface area contributed by atoms with Crippen molar-refractivity contribution in [3.63, 3.8) is 0 Å². The minimum Gasteiger partial charge on any atom is -0.507 e. The van der Waals surface area contributed by atoms with Gasteiger partial charge in [0.05, 0.1) is 7.11 Å². The lowest BCUT2D eigenvalue weighted by Crippen LogP contribution is -2.55. The summed E-state index contributed by atoms with van der Waals surface area (Å²) in [6, 6.07) is 13.5. The van der Waals surface area contributed by atoms with E-state index in [1.54, 1.807) is 19.2 Å². The summed E-state index contributed by atoms with van der Waals surface area (Å²) in [6.45, 7) is 1.89. The molecular formula is C21H24N2O3. The second-order valence-electron chi connectivity index (χ2n) is 7.14. The van der Waals surface area contributed by atoms with E-state index in [4.69, 9.17) is 4.74 Å². The second-order valence-corrected chi connectivity index (χ2v) is 7.14. The van der Waals surface area contributed by atoms with Crippen LogP contribution in [0.25, 0.3) is 0 Å². The molecule has 5 nitrogen and oxygen atoms in total. The molecule has 0 saturated carbocycles. The van der Waals surface area contributed by atoms with Crippen molar-refractivity contribution in [2.24, 2.45) is 0 Å². The fourth-order valence-corrected chi connectivity index (χ4v) is 4.36. The van der Waals surface area contributed by atoms with Crippen LogP contribution in [0.4, 0.5) is 0 Å². The number of rotatable bonds is 3. The quantitative estimate of drug-likeness (QED) is 0.891. The summed E-state index contributed by atoms with van der Waals surface area (Å²) in [6.07, 6.45) is 2.49. The van der Waals surface area contributed by atoms with E-state index in [-0.39, 0.29) is 11.7 Å². The van der Waals surface area contributed by atoms with Gasteiger partial charge in [-0.2, -0.15) is 0 Å². The minimum atomic E-state index is -0.570. The average molecular weight is 352 g/mol. The standard InChI is InChI=1S/C21H24N2O3/c1-26-19-9-4-8-18(24)17(19)14-23-11-5-10-21(23)12-15-6-2-3-7-16(15)13-22-20(21)25/h2-4,6-9,24H,5,10-14H2,1H3,(H,22,25).